The van der Waals surface area contributed by atoms with Gasteiger partial charge >= 0.3 is 5.97 Å². The molecule has 0 spiro atoms. The Morgan fingerprint density at radius 2 is 2.25 bits per heavy atom. The number of carbonyl (C=O) groups is 3. The smallest absolute Gasteiger partial charge is 0.352 e. The number of carboxylic acids is 1. The van der Waals surface area contributed by atoms with Crippen molar-refractivity contribution in [2.45, 2.75) is 11.4 Å². The van der Waals surface area contributed by atoms with Crippen molar-refractivity contribution in [3.63, 3.8) is 0 Å². The largest absolute Gasteiger partial charge is 0.477 e. The van der Waals surface area contributed by atoms with Gasteiger partial charge in [-0.1, -0.05) is 5.16 Å². The molecule has 2 atom stereocenters. The summed E-state index contributed by atoms with van der Waals surface area (Å²) in [6, 6.07) is -0.894. The van der Waals surface area contributed by atoms with Gasteiger partial charge in [0, 0.05) is 18.2 Å². The number of thiazole rings is 1. The van der Waals surface area contributed by atoms with Crippen molar-refractivity contribution in [3.8, 4) is 0 Å². The molecule has 0 radical (unpaired) electrons. The van der Waals surface area contributed by atoms with E-state index in [1.807, 2.05) is 0 Å². The van der Waals surface area contributed by atoms with E-state index in [-0.39, 0.29) is 28.8 Å². The molecule has 2 aliphatic rings. The lowest BCUT2D eigenvalue weighted by atomic mass is 10.0. The summed E-state index contributed by atoms with van der Waals surface area (Å²) in [7, 11) is 2.73. The Morgan fingerprint density at radius 3 is 2.82 bits per heavy atom. The molecule has 0 aliphatic carbocycles. The molecular formula is C15H17N5O6S2. The number of anilines is 1. The highest BCUT2D eigenvalue weighted by Gasteiger charge is 2.54. The third-order valence-electron chi connectivity index (χ3n) is 4.02. The van der Waals surface area contributed by atoms with Crippen LogP contribution in [-0.2, 0) is 24.0 Å². The molecule has 150 valence electrons. The van der Waals surface area contributed by atoms with Gasteiger partial charge in [0.25, 0.3) is 11.8 Å². The molecule has 4 N–H and O–H groups in total. The fraction of sp³-hybridized carbons (Fsp3) is 0.400. The second kappa shape index (κ2) is 8.16. The number of aliphatic carboxylic acids is 1. The van der Waals surface area contributed by atoms with Gasteiger partial charge in [-0.05, 0) is 5.57 Å². The number of carboxylic acid groups (broad SMARTS) is 1. The zero-order valence-electron chi connectivity index (χ0n) is 14.9. The predicted octanol–water partition coefficient (Wildman–Crippen LogP) is -0.539. The molecule has 28 heavy (non-hydrogen) atoms. The van der Waals surface area contributed by atoms with Crippen LogP contribution in [0.4, 0.5) is 5.13 Å². The van der Waals surface area contributed by atoms with Gasteiger partial charge < -0.3 is 25.7 Å². The minimum Gasteiger partial charge on any atom is -0.477 e. The maximum atomic E-state index is 12.6. The van der Waals surface area contributed by atoms with E-state index in [9.17, 15) is 19.5 Å². The normalized spacial score (nSPS) is 21.9. The maximum absolute atomic E-state index is 12.6. The summed E-state index contributed by atoms with van der Waals surface area (Å²) in [5.41, 5.74) is 6.09. The summed E-state index contributed by atoms with van der Waals surface area (Å²) in [6.45, 7) is 0.109. The van der Waals surface area contributed by atoms with Crippen LogP contribution in [0.1, 0.15) is 5.69 Å². The second-order valence-corrected chi connectivity index (χ2v) is 7.74. The number of hydrogen-bond donors (Lipinski definition) is 3. The molecule has 1 saturated heterocycles. The highest BCUT2D eigenvalue weighted by molar-refractivity contribution is 8.00. The fourth-order valence-corrected chi connectivity index (χ4v) is 4.75. The topological polar surface area (TPSA) is 156 Å². The molecule has 1 aromatic rings. The summed E-state index contributed by atoms with van der Waals surface area (Å²) in [5.74, 6) is -2.03. The Balaban J connectivity index is 1.78. The van der Waals surface area contributed by atoms with E-state index in [4.69, 9.17) is 15.3 Å². The molecule has 0 saturated carbocycles. The first-order valence-electron chi connectivity index (χ1n) is 7.91. The number of nitrogens with two attached hydrogens (primary N) is 1. The number of nitrogens with zero attached hydrogens (tertiary/aromatic N) is 3. The minimum atomic E-state index is -1.21. The molecule has 1 unspecified atom stereocenters. The first kappa shape index (κ1) is 20.1. The van der Waals surface area contributed by atoms with E-state index in [1.165, 1.54) is 30.9 Å². The van der Waals surface area contributed by atoms with Crippen molar-refractivity contribution in [2.75, 3.05) is 32.3 Å². The summed E-state index contributed by atoms with van der Waals surface area (Å²) >= 11 is 2.47. The Kier molecular flexibility index (Phi) is 5.86. The number of nitrogen functional groups attached to an aromatic ring is 1. The summed E-state index contributed by atoms with van der Waals surface area (Å²) in [5, 5.41) is 17.0. The molecular weight excluding hydrogens is 410 g/mol. The van der Waals surface area contributed by atoms with Crippen molar-refractivity contribution >= 4 is 51.7 Å². The summed E-state index contributed by atoms with van der Waals surface area (Å²) < 4.78 is 5.02. The second-order valence-electron chi connectivity index (χ2n) is 5.74. The van der Waals surface area contributed by atoms with Gasteiger partial charge in [0.1, 0.15) is 29.9 Å². The minimum absolute atomic E-state index is 0.0980. The van der Waals surface area contributed by atoms with Gasteiger partial charge in [0.15, 0.2) is 10.8 Å². The van der Waals surface area contributed by atoms with Crippen LogP contribution in [0.25, 0.3) is 0 Å². The Morgan fingerprint density at radius 1 is 1.50 bits per heavy atom. The number of oxime groups is 1. The lowest BCUT2D eigenvalue weighted by Gasteiger charge is -2.49. The number of hydrogen-bond acceptors (Lipinski definition) is 10. The van der Waals surface area contributed by atoms with Crippen LogP contribution < -0.4 is 11.1 Å². The van der Waals surface area contributed by atoms with Crippen LogP contribution >= 0.6 is 23.1 Å². The van der Waals surface area contributed by atoms with Gasteiger partial charge in [-0.25, -0.2) is 9.78 Å². The zero-order chi connectivity index (χ0) is 20.4. The van der Waals surface area contributed by atoms with Crippen molar-refractivity contribution in [1.82, 2.24) is 15.2 Å². The number of amides is 2. The van der Waals surface area contributed by atoms with E-state index >= 15 is 0 Å². The van der Waals surface area contributed by atoms with Crippen LogP contribution in [0.5, 0.6) is 0 Å². The van der Waals surface area contributed by atoms with E-state index in [0.29, 0.717) is 11.3 Å². The van der Waals surface area contributed by atoms with Crippen LogP contribution in [-0.4, -0.2) is 76.5 Å². The molecule has 1 fully saturated rings. The van der Waals surface area contributed by atoms with Gasteiger partial charge in [-0.15, -0.1) is 23.1 Å². The lowest BCUT2D eigenvalue weighted by Crippen LogP contribution is -2.71. The van der Waals surface area contributed by atoms with Crippen LogP contribution in [0.15, 0.2) is 21.8 Å². The molecule has 2 amide bonds. The SMILES string of the molecule is COCC1=C(C(=O)O)N2C(=O)C(NC(=O)/C(=N\OC)c3csc(N)n3)[C@H]2SC1. The molecule has 1 aromatic heterocycles. The zero-order valence-corrected chi connectivity index (χ0v) is 16.5. The van der Waals surface area contributed by atoms with Crippen LogP contribution in [0.3, 0.4) is 0 Å². The number of nitrogens with one attached hydrogen (secondary N) is 1. The maximum Gasteiger partial charge on any atom is 0.352 e. The van der Waals surface area contributed by atoms with Crippen molar-refractivity contribution in [2.24, 2.45) is 5.16 Å². The van der Waals surface area contributed by atoms with Gasteiger partial charge in [0.2, 0.25) is 0 Å². The number of thioether (sulfide) groups is 1. The van der Waals surface area contributed by atoms with E-state index < -0.39 is 29.2 Å². The van der Waals surface area contributed by atoms with E-state index in [0.717, 1.165) is 11.3 Å². The first-order valence-corrected chi connectivity index (χ1v) is 9.84. The molecule has 3 rings (SSSR count). The number of rotatable bonds is 7. The van der Waals surface area contributed by atoms with Crippen LogP contribution in [0.2, 0.25) is 0 Å². The lowest BCUT2D eigenvalue weighted by molar-refractivity contribution is -0.150. The van der Waals surface area contributed by atoms with E-state index in [1.54, 1.807) is 5.38 Å². The molecule has 0 bridgehead atoms. The highest BCUT2D eigenvalue weighted by atomic mass is 32.2. The molecule has 13 heteroatoms. The number of fused-ring (bicyclic) bond motifs is 1. The van der Waals surface area contributed by atoms with Crippen molar-refractivity contribution < 1.29 is 29.1 Å². The quantitative estimate of drug-likeness (QED) is 0.295. The number of aromatic nitrogens is 1. The van der Waals surface area contributed by atoms with Gasteiger partial charge in [-0.3, -0.25) is 14.5 Å². The molecule has 2 aliphatic heterocycles. The first-order chi connectivity index (χ1) is 13.4. The Bertz CT molecular complexity index is 882. The average Bonchev–Trinajstić information content (AvgIpc) is 3.09. The summed E-state index contributed by atoms with van der Waals surface area (Å²) in [4.78, 5) is 46.7. The number of methoxy groups -OCH3 is 1. The monoisotopic (exact) mass is 427 g/mol. The Hall–Kier alpha value is -2.64. The number of β-lactam (4-membered cyclic amide) rings is 1. The molecule has 0 aromatic carbocycles. The third-order valence-corrected chi connectivity index (χ3v) is 6.03. The average molecular weight is 427 g/mol. The highest BCUT2D eigenvalue weighted by Crippen LogP contribution is 2.40. The molecule has 3 heterocycles. The number of carbonyl (C=O) groups excluding carboxylic acids is 2. The fourth-order valence-electron chi connectivity index (χ4n) is 2.87. The predicted molar refractivity (Wildman–Crippen MR) is 102 cm³/mol. The van der Waals surface area contributed by atoms with Crippen LogP contribution in [0, 0.1) is 0 Å². The van der Waals surface area contributed by atoms with Crippen molar-refractivity contribution in [3.05, 3.63) is 22.3 Å². The summed E-state index contributed by atoms with van der Waals surface area (Å²) in [6.07, 6.45) is 0. The Labute approximate surface area is 167 Å². The number of ether oxygens (including phenoxy) is 1. The third kappa shape index (κ3) is 3.55. The molecule has 11 nitrogen and oxygen atoms in total. The van der Waals surface area contributed by atoms with Gasteiger partial charge in [-0.2, -0.15) is 0 Å². The van der Waals surface area contributed by atoms with Gasteiger partial charge in [0.05, 0.1) is 6.61 Å². The standard InChI is InChI=1S/C15H17N5O6S2/c1-25-3-6-4-27-13-9(12(22)20(13)10(6)14(23)24)18-11(21)8(19-26-2)7-5-28-15(16)17-7/h5,9,13H,3-4H2,1-2H3,(H2,16,17)(H,18,21)(H,23,24)/b19-8-/t9?,13-/m1/s1. The van der Waals surface area contributed by atoms with Crippen molar-refractivity contribution in [1.29, 1.82) is 0 Å². The van der Waals surface area contributed by atoms with E-state index in [2.05, 4.69) is 15.5 Å².